The lowest BCUT2D eigenvalue weighted by Gasteiger charge is -2.33. The Labute approximate surface area is 155 Å². The van der Waals surface area contributed by atoms with E-state index in [1.165, 1.54) is 11.1 Å². The van der Waals surface area contributed by atoms with E-state index >= 15 is 0 Å². The summed E-state index contributed by atoms with van der Waals surface area (Å²) in [6.07, 6.45) is 6.78. The maximum Gasteiger partial charge on any atom is 0.225 e. The van der Waals surface area contributed by atoms with Gasteiger partial charge in [-0.05, 0) is 68.2 Å². The molecule has 26 heavy (non-hydrogen) atoms. The van der Waals surface area contributed by atoms with Gasteiger partial charge in [0.1, 0.15) is 5.75 Å². The molecular formula is C21H28N2O3. The van der Waals surface area contributed by atoms with Crippen LogP contribution in [0, 0.1) is 11.8 Å². The van der Waals surface area contributed by atoms with Gasteiger partial charge in [-0.1, -0.05) is 6.07 Å². The molecule has 1 heterocycles. The molecule has 1 saturated heterocycles. The minimum Gasteiger partial charge on any atom is -0.497 e. The highest BCUT2D eigenvalue weighted by molar-refractivity contribution is 5.82. The van der Waals surface area contributed by atoms with Crippen LogP contribution in [0.15, 0.2) is 18.2 Å². The zero-order chi connectivity index (χ0) is 18.1. The van der Waals surface area contributed by atoms with E-state index in [2.05, 4.69) is 17.4 Å². The number of rotatable bonds is 4. The van der Waals surface area contributed by atoms with Crippen LogP contribution in [0.4, 0.5) is 0 Å². The molecule has 3 aliphatic rings. The van der Waals surface area contributed by atoms with E-state index in [0.29, 0.717) is 5.91 Å². The minimum atomic E-state index is 0.0295. The number of fused-ring (bicyclic) bond motifs is 1. The van der Waals surface area contributed by atoms with Gasteiger partial charge in [-0.3, -0.25) is 9.59 Å². The summed E-state index contributed by atoms with van der Waals surface area (Å²) in [4.78, 5) is 26.9. The lowest BCUT2D eigenvalue weighted by atomic mass is 9.86. The van der Waals surface area contributed by atoms with Gasteiger partial charge in [0.05, 0.1) is 13.2 Å². The first kappa shape index (κ1) is 17.4. The smallest absolute Gasteiger partial charge is 0.225 e. The first-order valence-corrected chi connectivity index (χ1v) is 9.91. The molecule has 2 aliphatic carbocycles. The molecule has 1 aromatic rings. The highest BCUT2D eigenvalue weighted by Gasteiger charge is 2.36. The van der Waals surface area contributed by atoms with Gasteiger partial charge in [0, 0.05) is 24.9 Å². The molecule has 140 valence electrons. The third-order valence-electron chi connectivity index (χ3n) is 6.08. The Kier molecular flexibility index (Phi) is 4.88. The zero-order valence-corrected chi connectivity index (χ0v) is 15.5. The summed E-state index contributed by atoms with van der Waals surface area (Å²) < 4.78 is 5.32. The monoisotopic (exact) mass is 356 g/mol. The Hall–Kier alpha value is -2.04. The van der Waals surface area contributed by atoms with Crippen LogP contribution in [0.25, 0.3) is 0 Å². The van der Waals surface area contributed by atoms with E-state index < -0.39 is 0 Å². The summed E-state index contributed by atoms with van der Waals surface area (Å²) in [6, 6.07) is 6.26. The van der Waals surface area contributed by atoms with Crippen LogP contribution < -0.4 is 10.1 Å². The first-order valence-electron chi connectivity index (χ1n) is 9.91. The number of methoxy groups -OCH3 is 1. The van der Waals surface area contributed by atoms with E-state index in [9.17, 15) is 9.59 Å². The summed E-state index contributed by atoms with van der Waals surface area (Å²) in [5, 5.41) is 3.28. The lowest BCUT2D eigenvalue weighted by Crippen LogP contribution is -2.44. The van der Waals surface area contributed by atoms with Gasteiger partial charge in [0.15, 0.2) is 0 Å². The number of likely N-dealkylation sites (tertiary alicyclic amines) is 1. The van der Waals surface area contributed by atoms with Crippen molar-refractivity contribution in [3.05, 3.63) is 29.3 Å². The quantitative estimate of drug-likeness (QED) is 0.902. The Balaban J connectivity index is 1.35. The van der Waals surface area contributed by atoms with Gasteiger partial charge in [-0.15, -0.1) is 0 Å². The Morgan fingerprint density at radius 2 is 1.85 bits per heavy atom. The fourth-order valence-electron chi connectivity index (χ4n) is 4.31. The SMILES string of the molecule is COc1ccc2c(c1)CCCC2NC(=O)C1CCN(C(=O)C2CC2)CC1. The van der Waals surface area contributed by atoms with Gasteiger partial charge >= 0.3 is 0 Å². The summed E-state index contributed by atoms with van der Waals surface area (Å²) in [5.74, 6) is 1.64. The van der Waals surface area contributed by atoms with Gasteiger partial charge in [-0.2, -0.15) is 0 Å². The van der Waals surface area contributed by atoms with Crippen LogP contribution in [-0.2, 0) is 16.0 Å². The topological polar surface area (TPSA) is 58.6 Å². The van der Waals surface area contributed by atoms with Crippen molar-refractivity contribution in [3.63, 3.8) is 0 Å². The third kappa shape index (κ3) is 3.57. The molecule has 4 rings (SSSR count). The van der Waals surface area contributed by atoms with Gasteiger partial charge < -0.3 is 15.0 Å². The van der Waals surface area contributed by atoms with Crippen molar-refractivity contribution in [2.75, 3.05) is 20.2 Å². The molecule has 0 radical (unpaired) electrons. The number of nitrogens with zero attached hydrogens (tertiary/aromatic N) is 1. The third-order valence-corrected chi connectivity index (χ3v) is 6.08. The first-order chi connectivity index (χ1) is 12.7. The fraction of sp³-hybridized carbons (Fsp3) is 0.619. The van der Waals surface area contributed by atoms with Crippen molar-refractivity contribution < 1.29 is 14.3 Å². The predicted octanol–water partition coefficient (Wildman–Crippen LogP) is 2.84. The molecule has 0 spiro atoms. The number of benzene rings is 1. The number of amides is 2. The molecule has 5 nitrogen and oxygen atoms in total. The zero-order valence-electron chi connectivity index (χ0n) is 15.5. The number of piperidine rings is 1. The Morgan fingerprint density at radius 1 is 1.08 bits per heavy atom. The second kappa shape index (κ2) is 7.29. The molecule has 0 aromatic heterocycles. The molecule has 1 saturated carbocycles. The lowest BCUT2D eigenvalue weighted by molar-refractivity contribution is -0.136. The molecular weight excluding hydrogens is 328 g/mol. The van der Waals surface area contributed by atoms with E-state index in [1.807, 2.05) is 11.0 Å². The molecule has 1 aromatic carbocycles. The van der Waals surface area contributed by atoms with E-state index in [-0.39, 0.29) is 23.8 Å². The average molecular weight is 356 g/mol. The number of hydrogen-bond donors (Lipinski definition) is 1. The number of hydrogen-bond acceptors (Lipinski definition) is 3. The van der Waals surface area contributed by atoms with Crippen molar-refractivity contribution in [1.82, 2.24) is 10.2 Å². The van der Waals surface area contributed by atoms with E-state index in [0.717, 1.165) is 63.8 Å². The standard InChI is InChI=1S/C21H28N2O3/c1-26-17-7-8-18-16(13-17)3-2-4-19(18)22-20(24)14-9-11-23(12-10-14)21(25)15-5-6-15/h7-8,13-15,19H,2-6,9-12H2,1H3,(H,22,24). The fourth-order valence-corrected chi connectivity index (χ4v) is 4.31. The second-order valence-electron chi connectivity index (χ2n) is 7.89. The van der Waals surface area contributed by atoms with Gasteiger partial charge in [0.2, 0.25) is 11.8 Å². The highest BCUT2D eigenvalue weighted by atomic mass is 16.5. The predicted molar refractivity (Wildman–Crippen MR) is 98.8 cm³/mol. The van der Waals surface area contributed by atoms with Crippen LogP contribution in [0.5, 0.6) is 5.75 Å². The van der Waals surface area contributed by atoms with Crippen molar-refractivity contribution >= 4 is 11.8 Å². The van der Waals surface area contributed by atoms with Crippen LogP contribution in [0.2, 0.25) is 0 Å². The van der Waals surface area contributed by atoms with Crippen molar-refractivity contribution in [2.24, 2.45) is 11.8 Å². The summed E-state index contributed by atoms with van der Waals surface area (Å²) in [6.45, 7) is 1.46. The van der Waals surface area contributed by atoms with Crippen molar-refractivity contribution in [3.8, 4) is 5.75 Å². The molecule has 1 unspecified atom stereocenters. The number of ether oxygens (including phenoxy) is 1. The van der Waals surface area contributed by atoms with Crippen LogP contribution >= 0.6 is 0 Å². The number of carbonyl (C=O) groups is 2. The van der Waals surface area contributed by atoms with E-state index in [4.69, 9.17) is 4.74 Å². The minimum absolute atomic E-state index is 0.0295. The molecule has 2 amide bonds. The van der Waals surface area contributed by atoms with Crippen LogP contribution in [0.3, 0.4) is 0 Å². The molecule has 0 bridgehead atoms. The molecule has 2 fully saturated rings. The maximum absolute atomic E-state index is 12.8. The van der Waals surface area contributed by atoms with Gasteiger partial charge in [0.25, 0.3) is 0 Å². The number of nitrogens with one attached hydrogen (secondary N) is 1. The van der Waals surface area contributed by atoms with Crippen LogP contribution in [-0.4, -0.2) is 36.9 Å². The summed E-state index contributed by atoms with van der Waals surface area (Å²) in [5.41, 5.74) is 2.51. The molecule has 1 aliphatic heterocycles. The van der Waals surface area contributed by atoms with Crippen molar-refractivity contribution in [2.45, 2.75) is 51.0 Å². The Bertz CT molecular complexity index is 690. The van der Waals surface area contributed by atoms with E-state index in [1.54, 1.807) is 7.11 Å². The maximum atomic E-state index is 12.8. The average Bonchev–Trinajstić information content (AvgIpc) is 3.52. The Morgan fingerprint density at radius 3 is 2.54 bits per heavy atom. The highest BCUT2D eigenvalue weighted by Crippen LogP contribution is 2.34. The number of carbonyl (C=O) groups excluding carboxylic acids is 2. The second-order valence-corrected chi connectivity index (χ2v) is 7.89. The molecule has 1 atom stereocenters. The summed E-state index contributed by atoms with van der Waals surface area (Å²) >= 11 is 0. The summed E-state index contributed by atoms with van der Waals surface area (Å²) in [7, 11) is 1.68. The molecule has 1 N–H and O–H groups in total. The van der Waals surface area contributed by atoms with Crippen molar-refractivity contribution in [1.29, 1.82) is 0 Å². The number of aryl methyl sites for hydroxylation is 1. The van der Waals surface area contributed by atoms with Crippen LogP contribution in [0.1, 0.15) is 55.7 Å². The molecule has 5 heteroatoms. The van der Waals surface area contributed by atoms with Gasteiger partial charge in [-0.25, -0.2) is 0 Å². The normalized spacial score (nSPS) is 23.3. The largest absolute Gasteiger partial charge is 0.497 e.